The lowest BCUT2D eigenvalue weighted by Crippen LogP contribution is -3.00. The van der Waals surface area contributed by atoms with Crippen LogP contribution in [-0.2, 0) is 9.53 Å². The van der Waals surface area contributed by atoms with Gasteiger partial charge in [-0.25, -0.2) is 4.79 Å². The second-order valence-corrected chi connectivity index (χ2v) is 10.8. The highest BCUT2D eigenvalue weighted by Gasteiger charge is 2.44. The summed E-state index contributed by atoms with van der Waals surface area (Å²) in [5.41, 5.74) is 0.449. The van der Waals surface area contributed by atoms with Crippen LogP contribution in [0.3, 0.4) is 0 Å². The molecule has 2 nitrogen and oxygen atoms in total. The number of esters is 1. The summed E-state index contributed by atoms with van der Waals surface area (Å²) < 4.78 is 5.31. The Bertz CT molecular complexity index is 830. The molecular weight excluding hydrogens is 411 g/mol. The number of benzene rings is 3. The molecule has 4 heteroatoms. The first-order chi connectivity index (χ1) is 14.1. The summed E-state index contributed by atoms with van der Waals surface area (Å²) >= 11 is 0. The predicted molar refractivity (Wildman–Crippen MR) is 125 cm³/mol. The van der Waals surface area contributed by atoms with Crippen LogP contribution >= 0.6 is 7.26 Å². The number of ether oxygens (including phenoxy) is 1. The van der Waals surface area contributed by atoms with Gasteiger partial charge in [0, 0.05) is 5.57 Å². The minimum Gasteiger partial charge on any atom is -1.00 e. The van der Waals surface area contributed by atoms with Gasteiger partial charge in [0.1, 0.15) is 23.2 Å². The maximum Gasteiger partial charge on any atom is 0.333 e. The molecule has 0 aliphatic carbocycles. The Balaban J connectivity index is 0.00000320. The highest BCUT2D eigenvalue weighted by atomic mass is 35.5. The summed E-state index contributed by atoms with van der Waals surface area (Å²) in [5, 5.41) is 4.16. The van der Waals surface area contributed by atoms with E-state index in [1.165, 1.54) is 15.9 Å². The standard InChI is InChI=1S/C26H28O2P.ClH/c1-22(2)26(27)28-20-12-13-21-29(23-14-6-3-7-15-23,24-16-8-4-9-17-24)25-18-10-5-11-19-25;/h3-11,14-19H,1,12-13,20-21H2,2H3;1H/q+1;/p-1. The number of carbonyl (C=O) groups is 1. The first-order valence-electron chi connectivity index (χ1n) is 10.0. The zero-order valence-corrected chi connectivity index (χ0v) is 19.0. The van der Waals surface area contributed by atoms with Crippen LogP contribution in [0.5, 0.6) is 0 Å². The van der Waals surface area contributed by atoms with E-state index in [1.54, 1.807) is 6.92 Å². The molecule has 0 bridgehead atoms. The van der Waals surface area contributed by atoms with Crippen LogP contribution in [0.4, 0.5) is 0 Å². The van der Waals surface area contributed by atoms with Gasteiger partial charge in [-0.1, -0.05) is 61.2 Å². The lowest BCUT2D eigenvalue weighted by molar-refractivity contribution is -0.139. The van der Waals surface area contributed by atoms with Crippen molar-refractivity contribution in [3.63, 3.8) is 0 Å². The van der Waals surface area contributed by atoms with Crippen molar-refractivity contribution < 1.29 is 21.9 Å². The number of halogens is 1. The second-order valence-electron chi connectivity index (χ2n) is 7.16. The van der Waals surface area contributed by atoms with E-state index < -0.39 is 7.26 Å². The molecule has 0 aliphatic rings. The highest BCUT2D eigenvalue weighted by Crippen LogP contribution is 2.55. The zero-order chi connectivity index (χ0) is 20.5. The summed E-state index contributed by atoms with van der Waals surface area (Å²) in [5.74, 6) is -0.305. The molecule has 0 atom stereocenters. The van der Waals surface area contributed by atoms with Gasteiger partial charge in [-0.05, 0) is 56.2 Å². The van der Waals surface area contributed by atoms with E-state index in [-0.39, 0.29) is 18.4 Å². The molecule has 0 saturated carbocycles. The second kappa shape index (κ2) is 11.7. The average molecular weight is 439 g/mol. The minimum atomic E-state index is -1.79. The Kier molecular flexibility index (Phi) is 9.30. The molecule has 0 saturated heterocycles. The van der Waals surface area contributed by atoms with Crippen LogP contribution in [0.2, 0.25) is 0 Å². The number of hydrogen-bond donors (Lipinski definition) is 0. The fraction of sp³-hybridized carbons (Fsp3) is 0.192. The molecular formula is C26H28ClO2P. The number of unbranched alkanes of at least 4 members (excludes halogenated alkanes) is 1. The molecule has 0 amide bonds. The summed E-state index contributed by atoms with van der Waals surface area (Å²) in [4.78, 5) is 11.7. The molecule has 0 aliphatic heterocycles. The average Bonchev–Trinajstić information content (AvgIpc) is 2.78. The van der Waals surface area contributed by atoms with Gasteiger partial charge in [-0.3, -0.25) is 0 Å². The van der Waals surface area contributed by atoms with Crippen LogP contribution in [0, 0.1) is 0 Å². The van der Waals surface area contributed by atoms with E-state index in [1.807, 2.05) is 0 Å². The Morgan fingerprint density at radius 1 is 0.767 bits per heavy atom. The van der Waals surface area contributed by atoms with Crippen molar-refractivity contribution in [2.45, 2.75) is 19.8 Å². The van der Waals surface area contributed by atoms with Crippen molar-refractivity contribution in [1.82, 2.24) is 0 Å². The summed E-state index contributed by atoms with van der Waals surface area (Å²) in [6, 6.07) is 32.6. The van der Waals surface area contributed by atoms with E-state index in [0.29, 0.717) is 12.2 Å². The van der Waals surface area contributed by atoms with E-state index >= 15 is 0 Å². The first kappa shape index (κ1) is 23.9. The molecule has 0 heterocycles. The zero-order valence-electron chi connectivity index (χ0n) is 17.3. The normalized spacial score (nSPS) is 10.7. The summed E-state index contributed by atoms with van der Waals surface area (Å²) in [7, 11) is -1.79. The maximum atomic E-state index is 11.7. The number of hydrogen-bond acceptors (Lipinski definition) is 2. The molecule has 3 aromatic rings. The fourth-order valence-corrected chi connectivity index (χ4v) is 8.03. The molecule has 156 valence electrons. The van der Waals surface area contributed by atoms with Crippen LogP contribution in [-0.4, -0.2) is 18.7 Å². The largest absolute Gasteiger partial charge is 1.00 e. The molecule has 0 aromatic heterocycles. The minimum absolute atomic E-state index is 0. The Labute approximate surface area is 186 Å². The molecule has 0 fully saturated rings. The van der Waals surface area contributed by atoms with Crippen molar-refractivity contribution in [1.29, 1.82) is 0 Å². The van der Waals surface area contributed by atoms with Gasteiger partial charge >= 0.3 is 5.97 Å². The monoisotopic (exact) mass is 438 g/mol. The third-order valence-corrected chi connectivity index (χ3v) is 9.59. The van der Waals surface area contributed by atoms with Gasteiger partial charge < -0.3 is 17.1 Å². The highest BCUT2D eigenvalue weighted by molar-refractivity contribution is 7.95. The SMILES string of the molecule is C=C(C)C(=O)OCCCC[P+](c1ccccc1)(c1ccccc1)c1ccccc1.[Cl-]. The maximum absolute atomic E-state index is 11.7. The summed E-state index contributed by atoms with van der Waals surface area (Å²) in [6.45, 7) is 5.76. The van der Waals surface area contributed by atoms with Crippen molar-refractivity contribution in [2.24, 2.45) is 0 Å². The van der Waals surface area contributed by atoms with Gasteiger partial charge in [-0.15, -0.1) is 0 Å². The van der Waals surface area contributed by atoms with Gasteiger partial charge in [0.15, 0.2) is 0 Å². The Hall–Kier alpha value is -2.41. The third-order valence-electron chi connectivity index (χ3n) is 5.06. The van der Waals surface area contributed by atoms with E-state index in [9.17, 15) is 4.79 Å². The van der Waals surface area contributed by atoms with E-state index in [4.69, 9.17) is 4.74 Å². The van der Waals surface area contributed by atoms with Gasteiger partial charge in [-0.2, -0.15) is 0 Å². The topological polar surface area (TPSA) is 26.3 Å². The van der Waals surface area contributed by atoms with Gasteiger partial charge in [0.2, 0.25) is 0 Å². The van der Waals surface area contributed by atoms with Crippen molar-refractivity contribution in [3.8, 4) is 0 Å². The fourth-order valence-electron chi connectivity index (χ4n) is 3.62. The smallest absolute Gasteiger partial charge is 0.333 e. The van der Waals surface area contributed by atoms with Crippen LogP contribution in [0.25, 0.3) is 0 Å². The Morgan fingerprint density at radius 2 is 1.17 bits per heavy atom. The number of rotatable bonds is 9. The molecule has 0 N–H and O–H groups in total. The van der Waals surface area contributed by atoms with Crippen molar-refractivity contribution in [3.05, 3.63) is 103 Å². The quantitative estimate of drug-likeness (QED) is 0.221. The van der Waals surface area contributed by atoms with Crippen molar-refractivity contribution in [2.75, 3.05) is 12.8 Å². The van der Waals surface area contributed by atoms with E-state index in [2.05, 4.69) is 97.6 Å². The lowest BCUT2D eigenvalue weighted by Gasteiger charge is -2.27. The third kappa shape index (κ3) is 5.59. The van der Waals surface area contributed by atoms with Crippen LogP contribution in [0.1, 0.15) is 19.8 Å². The van der Waals surface area contributed by atoms with Gasteiger partial charge in [0.25, 0.3) is 0 Å². The lowest BCUT2D eigenvalue weighted by atomic mass is 10.3. The molecule has 3 aromatic carbocycles. The van der Waals surface area contributed by atoms with Crippen LogP contribution in [0.15, 0.2) is 103 Å². The molecule has 30 heavy (non-hydrogen) atoms. The molecule has 0 radical (unpaired) electrons. The van der Waals surface area contributed by atoms with Gasteiger partial charge in [0.05, 0.1) is 12.8 Å². The molecule has 0 spiro atoms. The van der Waals surface area contributed by atoms with Crippen LogP contribution < -0.4 is 28.3 Å². The predicted octanol–water partition coefficient (Wildman–Crippen LogP) is 1.88. The number of carbonyl (C=O) groups excluding carboxylic acids is 1. The molecule has 0 unspecified atom stereocenters. The first-order valence-corrected chi connectivity index (χ1v) is 12.0. The van der Waals surface area contributed by atoms with Crippen molar-refractivity contribution >= 4 is 29.1 Å². The van der Waals surface area contributed by atoms with E-state index in [0.717, 1.165) is 19.0 Å². The Morgan fingerprint density at radius 3 is 1.53 bits per heavy atom. The summed E-state index contributed by atoms with van der Waals surface area (Å²) in [6.07, 6.45) is 2.86. The molecule has 3 rings (SSSR count).